The number of carboxylic acids is 1. The summed E-state index contributed by atoms with van der Waals surface area (Å²) in [6.45, 7) is 1.17. The topological polar surface area (TPSA) is 149 Å². The fraction of sp³-hybridized carbons (Fsp3) is 0.308. The van der Waals surface area contributed by atoms with Crippen LogP contribution < -0.4 is 29.6 Å². The summed E-state index contributed by atoms with van der Waals surface area (Å²) in [5, 5.41) is 14.3. The van der Waals surface area contributed by atoms with E-state index in [1.54, 1.807) is 6.92 Å². The largest absolute Gasteiger partial charge is 0.496 e. The zero-order valence-corrected chi connectivity index (χ0v) is 21.7. The van der Waals surface area contributed by atoms with E-state index in [1.165, 1.54) is 51.7 Å². The van der Waals surface area contributed by atoms with Crippen molar-refractivity contribution in [3.8, 4) is 23.0 Å². The molecule has 2 atom stereocenters. The normalized spacial score (nSPS) is 19.8. The van der Waals surface area contributed by atoms with Gasteiger partial charge in [-0.1, -0.05) is 18.5 Å². The highest BCUT2D eigenvalue weighted by Gasteiger charge is 2.60. The lowest BCUT2D eigenvalue weighted by Crippen LogP contribution is -2.55. The molecule has 38 heavy (non-hydrogen) atoms. The number of carbonyl (C=O) groups excluding carboxylic acids is 3. The Kier molecular flexibility index (Phi) is 7.23. The van der Waals surface area contributed by atoms with Crippen molar-refractivity contribution < 1.29 is 43.2 Å². The van der Waals surface area contributed by atoms with Crippen LogP contribution in [-0.4, -0.2) is 62.0 Å². The fourth-order valence-corrected chi connectivity index (χ4v) is 4.86. The molecule has 12 heteroatoms. The van der Waals surface area contributed by atoms with Gasteiger partial charge in [-0.05, 0) is 24.6 Å². The van der Waals surface area contributed by atoms with Crippen LogP contribution in [0.25, 0.3) is 0 Å². The number of methoxy groups -OCH3 is 3. The lowest BCUT2D eigenvalue weighted by atomic mass is 9.74. The van der Waals surface area contributed by atoms with Gasteiger partial charge in [0.25, 0.3) is 5.91 Å². The number of ether oxygens (including phenoxy) is 4. The van der Waals surface area contributed by atoms with Crippen LogP contribution in [-0.2, 0) is 9.59 Å². The second kappa shape index (κ2) is 10.3. The molecule has 1 spiro atoms. The third-order valence-electron chi connectivity index (χ3n) is 6.47. The van der Waals surface area contributed by atoms with E-state index < -0.39 is 41.5 Å². The number of aliphatic carboxylic acids is 1. The number of amides is 1. The molecule has 1 amide bonds. The van der Waals surface area contributed by atoms with Gasteiger partial charge in [-0.25, -0.2) is 0 Å². The molecule has 1 aliphatic carbocycles. The molecule has 2 aromatic carbocycles. The van der Waals surface area contributed by atoms with Crippen molar-refractivity contribution >= 4 is 40.7 Å². The lowest BCUT2D eigenvalue weighted by molar-refractivity contribution is -0.135. The minimum Gasteiger partial charge on any atom is -0.496 e. The first-order valence-corrected chi connectivity index (χ1v) is 11.8. The molecule has 11 nitrogen and oxygen atoms in total. The maximum absolute atomic E-state index is 13.6. The third-order valence-corrected chi connectivity index (χ3v) is 6.83. The molecule has 4 rings (SSSR count). The van der Waals surface area contributed by atoms with Crippen LogP contribution in [0.1, 0.15) is 34.1 Å². The number of ketones is 2. The van der Waals surface area contributed by atoms with Crippen molar-refractivity contribution in [2.45, 2.75) is 18.9 Å². The number of anilines is 1. The van der Waals surface area contributed by atoms with Crippen LogP contribution in [0.3, 0.4) is 0 Å². The molecule has 0 saturated carbocycles. The number of hydrogen-bond acceptors (Lipinski definition) is 9. The molecular formula is C26H25ClN2O9. The minimum atomic E-state index is -1.83. The lowest BCUT2D eigenvalue weighted by Gasteiger charge is -2.35. The van der Waals surface area contributed by atoms with Crippen molar-refractivity contribution in [3.05, 3.63) is 52.2 Å². The number of Topliss-reactive ketones (excluding diaryl/α,β-unsaturated/α-hetero) is 1. The van der Waals surface area contributed by atoms with Crippen molar-refractivity contribution in [1.82, 2.24) is 5.32 Å². The molecule has 0 saturated heterocycles. The van der Waals surface area contributed by atoms with E-state index in [0.29, 0.717) is 17.1 Å². The van der Waals surface area contributed by atoms with Crippen LogP contribution >= 0.6 is 11.6 Å². The molecule has 0 aromatic heterocycles. The second-order valence-corrected chi connectivity index (χ2v) is 9.10. The van der Waals surface area contributed by atoms with Crippen LogP contribution in [0.2, 0.25) is 5.02 Å². The highest BCUT2D eigenvalue weighted by molar-refractivity contribution is 6.36. The van der Waals surface area contributed by atoms with Gasteiger partial charge in [0.05, 0.1) is 27.0 Å². The number of halogens is 1. The number of allylic oxidation sites excluding steroid dienone is 1. The van der Waals surface area contributed by atoms with E-state index >= 15 is 0 Å². The van der Waals surface area contributed by atoms with Gasteiger partial charge in [0.1, 0.15) is 34.4 Å². The summed E-state index contributed by atoms with van der Waals surface area (Å²) in [4.78, 5) is 50.3. The zero-order chi connectivity index (χ0) is 27.8. The van der Waals surface area contributed by atoms with Gasteiger partial charge in [-0.2, -0.15) is 0 Å². The number of benzene rings is 2. The number of rotatable bonds is 8. The first kappa shape index (κ1) is 26.8. The first-order chi connectivity index (χ1) is 18.1. The van der Waals surface area contributed by atoms with E-state index in [4.69, 9.17) is 35.7 Å². The number of hydrogen-bond donors (Lipinski definition) is 3. The number of carboxylic acid groups (broad SMARTS) is 1. The molecule has 2 aromatic rings. The zero-order valence-electron chi connectivity index (χ0n) is 21.0. The summed E-state index contributed by atoms with van der Waals surface area (Å²) in [5.74, 6) is -2.72. The standard InChI is InChI=1S/C26H25ClN2O9/c1-12-7-14(29-15-8-13(5-6-16(15)35-2)25(34)28-11-20(31)32)9-19(30)26(12)24(33)21-17(36-3)10-18(37-4)22(27)23(21)38-26/h5-6,8-10,12,29H,7,11H2,1-4H3,(H,28,34)(H,31,32). The van der Waals surface area contributed by atoms with Crippen LogP contribution in [0, 0.1) is 5.92 Å². The summed E-state index contributed by atoms with van der Waals surface area (Å²) >= 11 is 6.42. The molecular weight excluding hydrogens is 520 g/mol. The Bertz CT molecular complexity index is 1390. The van der Waals surface area contributed by atoms with Crippen LogP contribution in [0.5, 0.6) is 23.0 Å². The summed E-state index contributed by atoms with van der Waals surface area (Å²) in [6.07, 6.45) is 1.50. The predicted molar refractivity (Wildman–Crippen MR) is 136 cm³/mol. The van der Waals surface area contributed by atoms with E-state index in [9.17, 15) is 19.2 Å². The predicted octanol–water partition coefficient (Wildman–Crippen LogP) is 3.10. The maximum Gasteiger partial charge on any atom is 0.322 e. The average molecular weight is 545 g/mol. The summed E-state index contributed by atoms with van der Waals surface area (Å²) in [6, 6.07) is 5.96. The van der Waals surface area contributed by atoms with E-state index in [0.717, 1.165) is 0 Å². The minimum absolute atomic E-state index is 0.0274. The highest BCUT2D eigenvalue weighted by atomic mass is 35.5. The Morgan fingerprint density at radius 1 is 1.11 bits per heavy atom. The fourth-order valence-electron chi connectivity index (χ4n) is 4.59. The van der Waals surface area contributed by atoms with Crippen LogP contribution in [0.15, 0.2) is 36.0 Å². The molecule has 3 N–H and O–H groups in total. The number of fused-ring (bicyclic) bond motifs is 1. The van der Waals surface area contributed by atoms with Crippen LogP contribution in [0.4, 0.5) is 5.69 Å². The van der Waals surface area contributed by atoms with Gasteiger partial charge in [-0.3, -0.25) is 19.2 Å². The number of carbonyl (C=O) groups is 4. The van der Waals surface area contributed by atoms with Crippen molar-refractivity contribution in [1.29, 1.82) is 0 Å². The monoisotopic (exact) mass is 544 g/mol. The van der Waals surface area contributed by atoms with E-state index in [-0.39, 0.29) is 39.8 Å². The number of nitrogens with one attached hydrogen (secondary N) is 2. The molecule has 0 bridgehead atoms. The third kappa shape index (κ3) is 4.38. The molecule has 0 fully saturated rings. The summed E-state index contributed by atoms with van der Waals surface area (Å²) < 4.78 is 22.0. The first-order valence-electron chi connectivity index (χ1n) is 11.5. The Hall–Kier alpha value is -4.25. The van der Waals surface area contributed by atoms with Crippen molar-refractivity contribution in [3.63, 3.8) is 0 Å². The Labute approximate surface area is 222 Å². The quantitative estimate of drug-likeness (QED) is 0.423. The second-order valence-electron chi connectivity index (χ2n) is 8.72. The highest BCUT2D eigenvalue weighted by Crippen LogP contribution is 2.53. The Balaban J connectivity index is 1.66. The van der Waals surface area contributed by atoms with Gasteiger partial charge in [0.15, 0.2) is 5.75 Å². The molecule has 1 heterocycles. The summed E-state index contributed by atoms with van der Waals surface area (Å²) in [5.41, 5.74) is -0.752. The molecule has 2 aliphatic rings. The Morgan fingerprint density at radius 3 is 2.39 bits per heavy atom. The van der Waals surface area contributed by atoms with Gasteiger partial charge < -0.3 is 34.7 Å². The Morgan fingerprint density at radius 2 is 1.79 bits per heavy atom. The van der Waals surface area contributed by atoms with Crippen molar-refractivity contribution in [2.75, 3.05) is 33.2 Å². The molecule has 1 aliphatic heterocycles. The SMILES string of the molecule is COc1ccc(C(=O)NCC(=O)O)cc1NC1=CC(=O)C2(Oc3c(Cl)c(OC)cc(OC)c3C2=O)C(C)C1. The molecule has 200 valence electrons. The van der Waals surface area contributed by atoms with Gasteiger partial charge in [0.2, 0.25) is 17.2 Å². The van der Waals surface area contributed by atoms with Gasteiger partial charge in [-0.15, -0.1) is 0 Å². The molecule has 0 radical (unpaired) electrons. The van der Waals surface area contributed by atoms with E-state index in [2.05, 4.69) is 10.6 Å². The maximum atomic E-state index is 13.6. The molecule has 2 unspecified atom stereocenters. The van der Waals surface area contributed by atoms with E-state index in [1.807, 2.05) is 0 Å². The van der Waals surface area contributed by atoms with Gasteiger partial charge >= 0.3 is 5.97 Å². The van der Waals surface area contributed by atoms with Gasteiger partial charge in [0, 0.05) is 29.3 Å². The smallest absolute Gasteiger partial charge is 0.322 e. The van der Waals surface area contributed by atoms with Crippen molar-refractivity contribution in [2.24, 2.45) is 5.92 Å². The average Bonchev–Trinajstić information content (AvgIpc) is 3.21. The summed E-state index contributed by atoms with van der Waals surface area (Å²) in [7, 11) is 4.24.